The topological polar surface area (TPSA) is 41.1 Å². The molecule has 5 rings (SSSR count). The molecule has 0 spiro atoms. The molecule has 0 atom stereocenters. The molecule has 2 heterocycles. The van der Waals surface area contributed by atoms with Crippen molar-refractivity contribution in [2.24, 2.45) is 0 Å². The Morgan fingerprint density at radius 1 is 0.607 bits per heavy atom. The highest BCUT2D eigenvalue weighted by Crippen LogP contribution is 2.44. The summed E-state index contributed by atoms with van der Waals surface area (Å²) in [7, 11) is -9.58. The van der Waals surface area contributed by atoms with Gasteiger partial charge in [-0.05, 0) is 12.1 Å². The number of fused-ring (bicyclic) bond motifs is 3. The van der Waals surface area contributed by atoms with E-state index in [1.807, 2.05) is 0 Å². The highest BCUT2D eigenvalue weighted by molar-refractivity contribution is 6.64. The maximum Gasteiger partial charge on any atom is 0.995 e. The molecule has 0 bridgehead atoms. The zero-order valence-corrected chi connectivity index (χ0v) is 16.0. The first-order valence-electron chi connectivity index (χ1n) is 7.55. The molecule has 4 nitrogen and oxygen atoms in total. The predicted molar refractivity (Wildman–Crippen MR) is 102 cm³/mol. The van der Waals surface area contributed by atoms with E-state index < -0.39 is 25.1 Å². The monoisotopic (exact) mass is 472 g/mol. The van der Waals surface area contributed by atoms with Crippen molar-refractivity contribution in [2.45, 2.75) is 0 Å². The summed E-state index contributed by atoms with van der Waals surface area (Å²) in [4.78, 5) is 0. The fourth-order valence-electron chi connectivity index (χ4n) is 3.37. The van der Waals surface area contributed by atoms with Crippen LogP contribution in [0.15, 0.2) is 20.8 Å². The van der Waals surface area contributed by atoms with Crippen LogP contribution in [0.5, 0.6) is 11.5 Å². The Labute approximate surface area is 172 Å². The second-order valence-corrected chi connectivity index (χ2v) is 7.53. The van der Waals surface area contributed by atoms with Crippen molar-refractivity contribution in [3.63, 3.8) is 0 Å². The van der Waals surface area contributed by atoms with Crippen LogP contribution in [-0.2, 0) is 0 Å². The van der Waals surface area contributed by atoms with Crippen molar-refractivity contribution in [2.75, 3.05) is 0 Å². The summed E-state index contributed by atoms with van der Waals surface area (Å²) in [6.45, 7) is 0. The summed E-state index contributed by atoms with van der Waals surface area (Å²) < 4.78 is 74.9. The number of benzene rings is 3. The fourth-order valence-corrected chi connectivity index (χ4v) is 4.40. The lowest BCUT2D eigenvalue weighted by molar-refractivity contribution is 0.383. The fraction of sp³-hybridized carbons (Fsp3) is 0. The molecule has 3 aromatic carbocycles. The van der Waals surface area contributed by atoms with Crippen LogP contribution in [0.4, 0.5) is 17.3 Å². The van der Waals surface area contributed by atoms with E-state index >= 15 is 0 Å². The van der Waals surface area contributed by atoms with Crippen molar-refractivity contribution in [3.05, 3.63) is 51.8 Å². The van der Waals surface area contributed by atoms with Gasteiger partial charge in [0.1, 0.15) is 21.5 Å². The Balaban J connectivity index is 2.25. The Kier molecular flexibility index (Phi) is 3.62. The first-order valence-corrected chi connectivity index (χ1v) is 9.06. The molecule has 0 aliphatic carbocycles. The second-order valence-electron chi connectivity index (χ2n) is 6.02. The van der Waals surface area contributed by atoms with Crippen molar-refractivity contribution >= 4 is 82.2 Å². The predicted octanol–water partition coefficient (Wildman–Crippen LogP) is 5.37. The van der Waals surface area contributed by atoms with E-state index in [2.05, 4.69) is 9.31 Å². The van der Waals surface area contributed by atoms with Gasteiger partial charge in [-0.1, -0.05) is 46.4 Å². The molecule has 14 heteroatoms. The molecule has 0 fully saturated rings. The molecule has 2 aliphatic rings. The molecule has 0 saturated carbocycles. The van der Waals surface area contributed by atoms with E-state index in [0.29, 0.717) is 0 Å². The molecule has 0 amide bonds. The van der Waals surface area contributed by atoms with E-state index in [1.165, 1.54) is 0 Å². The standard InChI is InChI=1S/C14H2B2Cl4F4O4/c17-9-7-8(10(18)12(20)11(9)19)14-6-4(26-16(23,24)28-14)2-1-3-5(6)13(7)27-15(21,22)25-3/h1-2H. The van der Waals surface area contributed by atoms with Gasteiger partial charge in [-0.25, -0.2) is 0 Å². The Bertz CT molecular complexity index is 1280. The normalized spacial score (nSPS) is 18.3. The molecule has 0 N–H and O–H groups in total. The van der Waals surface area contributed by atoms with Crippen LogP contribution in [-0.4, -0.2) is 14.2 Å². The lowest BCUT2D eigenvalue weighted by Gasteiger charge is -2.23. The minimum absolute atomic E-state index is 0.101. The maximum atomic E-state index is 14.1. The quantitative estimate of drug-likeness (QED) is 0.110. The van der Waals surface area contributed by atoms with Gasteiger partial charge in [0, 0.05) is 0 Å². The van der Waals surface area contributed by atoms with Gasteiger partial charge in [-0.3, -0.25) is 0 Å². The summed E-state index contributed by atoms with van der Waals surface area (Å²) >= 11 is 24.5. The smallest absolute Gasteiger partial charge is 0.569 e. The summed E-state index contributed by atoms with van der Waals surface area (Å²) in [6.07, 6.45) is 0. The number of halogens is 8. The van der Waals surface area contributed by atoms with Gasteiger partial charge in [0.25, 0.3) is 0 Å². The van der Waals surface area contributed by atoms with E-state index in [4.69, 9.17) is 55.1 Å². The number of hydrogen-bond acceptors (Lipinski definition) is 2. The molecule has 3 aromatic rings. The highest BCUT2D eigenvalue weighted by Gasteiger charge is 2.56. The first-order chi connectivity index (χ1) is 13.0. The summed E-state index contributed by atoms with van der Waals surface area (Å²) in [5.41, 5.74) is -0.922. The minimum Gasteiger partial charge on any atom is -0.569 e. The maximum absolute atomic E-state index is 14.1. The van der Waals surface area contributed by atoms with E-state index in [-0.39, 0.29) is 53.1 Å². The van der Waals surface area contributed by atoms with Crippen molar-refractivity contribution in [1.29, 1.82) is 0 Å². The van der Waals surface area contributed by atoms with Crippen molar-refractivity contribution < 1.29 is 26.6 Å². The van der Waals surface area contributed by atoms with Gasteiger partial charge in [-0.2, -0.15) is 0 Å². The molecule has 28 heavy (non-hydrogen) atoms. The van der Waals surface area contributed by atoms with Crippen LogP contribution in [0.25, 0.3) is 21.5 Å². The third kappa shape index (κ3) is 2.35. The van der Waals surface area contributed by atoms with Gasteiger partial charge in [0.2, 0.25) is 0 Å². The minimum atomic E-state index is -4.79. The van der Waals surface area contributed by atoms with Gasteiger partial charge >= 0.3 is 25.1 Å². The van der Waals surface area contributed by atoms with Crippen LogP contribution in [0.2, 0.25) is 20.1 Å². The lowest BCUT2D eigenvalue weighted by Crippen LogP contribution is -2.40. The van der Waals surface area contributed by atoms with E-state index in [0.717, 1.165) is 12.1 Å². The Morgan fingerprint density at radius 2 is 0.964 bits per heavy atom. The van der Waals surface area contributed by atoms with Crippen LogP contribution >= 0.6 is 46.4 Å². The highest BCUT2D eigenvalue weighted by atomic mass is 35.5. The Hall–Kier alpha value is -1.61. The summed E-state index contributed by atoms with van der Waals surface area (Å²) in [5.74, 6) is -0.673. The third-order valence-corrected chi connectivity index (χ3v) is 6.14. The van der Waals surface area contributed by atoms with Gasteiger partial charge in [-0.15, -0.1) is 0 Å². The zero-order chi connectivity index (χ0) is 20.2. The van der Waals surface area contributed by atoms with Gasteiger partial charge < -0.3 is 35.3 Å². The van der Waals surface area contributed by atoms with Gasteiger partial charge in [0.05, 0.1) is 31.6 Å². The summed E-state index contributed by atoms with van der Waals surface area (Å²) in [5, 5.41) is -1.91. The SMILES string of the molecule is F[B-]1(F)Oc2ccc3c4c(c5c(Cl)c(Cl)c(Cl)c(Cl)c5c(c24)=[O+]1)=[O+][B-](F)(F)O3. The van der Waals surface area contributed by atoms with E-state index in [1.54, 1.807) is 0 Å². The van der Waals surface area contributed by atoms with Crippen LogP contribution in [0.1, 0.15) is 0 Å². The molecule has 0 radical (unpaired) electrons. The molecular weight excluding hydrogens is 472 g/mol. The zero-order valence-electron chi connectivity index (χ0n) is 13.0. The largest absolute Gasteiger partial charge is 0.995 e. The lowest BCUT2D eigenvalue weighted by atomic mass is 9.96. The molecule has 0 unspecified atom stereocenters. The Morgan fingerprint density at radius 3 is 1.32 bits per heavy atom. The molecule has 144 valence electrons. The van der Waals surface area contributed by atoms with Crippen LogP contribution in [0.3, 0.4) is 0 Å². The molecule has 0 saturated heterocycles. The van der Waals surface area contributed by atoms with Crippen LogP contribution in [0, 0.1) is 0 Å². The van der Waals surface area contributed by atoms with Crippen molar-refractivity contribution in [3.8, 4) is 11.5 Å². The molecule has 0 aromatic heterocycles. The van der Waals surface area contributed by atoms with Gasteiger partial charge in [0.15, 0.2) is 0 Å². The second kappa shape index (κ2) is 5.50. The first kappa shape index (κ1) is 18.4. The third-order valence-electron chi connectivity index (χ3n) is 4.34. The average molecular weight is 474 g/mol. The number of hydrogen-bond donors (Lipinski definition) is 0. The molecule has 2 aliphatic heterocycles. The van der Waals surface area contributed by atoms with Crippen molar-refractivity contribution in [1.82, 2.24) is 0 Å². The van der Waals surface area contributed by atoms with Crippen LogP contribution < -0.4 is 20.2 Å². The average Bonchev–Trinajstić information content (AvgIpc) is 2.59. The van der Waals surface area contributed by atoms with E-state index in [9.17, 15) is 17.3 Å². The molecular formula is C14H2B2Cl4F4O4. The summed E-state index contributed by atoms with van der Waals surface area (Å²) in [6, 6.07) is 2.11. The number of rotatable bonds is 0.